The molecule has 2 N–H and O–H groups in total. The second-order valence-corrected chi connectivity index (χ2v) is 6.05. The molecule has 0 bridgehead atoms. The van der Waals surface area contributed by atoms with E-state index in [2.05, 4.69) is 29.2 Å². The summed E-state index contributed by atoms with van der Waals surface area (Å²) in [5, 5.41) is 0.739. The first kappa shape index (κ1) is 13.6. The van der Waals surface area contributed by atoms with Crippen LogP contribution in [0.25, 0.3) is 0 Å². The van der Waals surface area contributed by atoms with Crippen molar-refractivity contribution in [1.82, 2.24) is 4.98 Å². The van der Waals surface area contributed by atoms with Gasteiger partial charge in [-0.1, -0.05) is 35.9 Å². The number of hydrogen-bond donors (Lipinski definition) is 1. The molecule has 3 rings (SSSR count). The van der Waals surface area contributed by atoms with Gasteiger partial charge >= 0.3 is 0 Å². The third kappa shape index (κ3) is 2.34. The molecule has 0 saturated carbocycles. The normalized spacial score (nSPS) is 21.5. The van der Waals surface area contributed by atoms with Crippen molar-refractivity contribution in [1.29, 1.82) is 0 Å². The zero-order valence-corrected chi connectivity index (χ0v) is 12.2. The molecule has 0 aliphatic heterocycles. The van der Waals surface area contributed by atoms with Crippen molar-refractivity contribution in [3.8, 4) is 0 Å². The van der Waals surface area contributed by atoms with Gasteiger partial charge < -0.3 is 5.73 Å². The van der Waals surface area contributed by atoms with E-state index in [-0.39, 0.29) is 5.41 Å². The highest BCUT2D eigenvalue weighted by molar-refractivity contribution is 6.31. The molecular formula is C17H19ClN2. The van der Waals surface area contributed by atoms with Gasteiger partial charge in [-0.2, -0.15) is 0 Å². The van der Waals surface area contributed by atoms with Gasteiger partial charge in [0.2, 0.25) is 0 Å². The van der Waals surface area contributed by atoms with Crippen molar-refractivity contribution in [2.75, 3.05) is 6.54 Å². The summed E-state index contributed by atoms with van der Waals surface area (Å²) in [7, 11) is 0. The average Bonchev–Trinajstić information content (AvgIpc) is 2.50. The molecule has 2 nitrogen and oxygen atoms in total. The van der Waals surface area contributed by atoms with E-state index in [1.807, 2.05) is 6.07 Å². The Hall–Kier alpha value is -1.38. The summed E-state index contributed by atoms with van der Waals surface area (Å²) in [5.74, 6) is 0. The number of rotatable bonds is 3. The van der Waals surface area contributed by atoms with E-state index in [4.69, 9.17) is 17.3 Å². The zero-order valence-electron chi connectivity index (χ0n) is 11.5. The summed E-state index contributed by atoms with van der Waals surface area (Å²) in [4.78, 5) is 4.07. The third-order valence-corrected chi connectivity index (χ3v) is 4.81. The molecule has 2 aromatic rings. The summed E-state index contributed by atoms with van der Waals surface area (Å²) in [5.41, 5.74) is 10.2. The topological polar surface area (TPSA) is 38.9 Å². The van der Waals surface area contributed by atoms with E-state index in [0.29, 0.717) is 6.54 Å². The number of benzene rings is 1. The Morgan fingerprint density at radius 1 is 1.25 bits per heavy atom. The van der Waals surface area contributed by atoms with Crippen molar-refractivity contribution >= 4 is 11.6 Å². The molecule has 1 aliphatic rings. The van der Waals surface area contributed by atoms with Gasteiger partial charge in [-0.15, -0.1) is 0 Å². The van der Waals surface area contributed by atoms with Crippen LogP contribution < -0.4 is 5.73 Å². The predicted molar refractivity (Wildman–Crippen MR) is 83.1 cm³/mol. The smallest absolute Gasteiger partial charge is 0.0621 e. The Balaban J connectivity index is 2.03. The van der Waals surface area contributed by atoms with Crippen molar-refractivity contribution in [2.24, 2.45) is 5.73 Å². The number of nitrogens with zero attached hydrogens (tertiary/aromatic N) is 1. The molecule has 1 atom stereocenters. The largest absolute Gasteiger partial charge is 0.330 e. The van der Waals surface area contributed by atoms with Crippen LogP contribution in [-0.4, -0.2) is 11.5 Å². The molecule has 1 aliphatic carbocycles. The van der Waals surface area contributed by atoms with E-state index < -0.39 is 0 Å². The SMILES string of the molecule is NCC1(Cc2ccncc2Cl)CCCc2ccccc21. The fraction of sp³-hybridized carbons (Fsp3) is 0.353. The number of pyridine rings is 1. The number of aromatic nitrogens is 1. The maximum Gasteiger partial charge on any atom is 0.0621 e. The third-order valence-electron chi connectivity index (χ3n) is 4.47. The molecule has 1 heterocycles. The molecule has 0 saturated heterocycles. The van der Waals surface area contributed by atoms with Crippen LogP contribution in [0.5, 0.6) is 0 Å². The number of fused-ring (bicyclic) bond motifs is 1. The van der Waals surface area contributed by atoms with Gasteiger partial charge in [-0.25, -0.2) is 0 Å². The summed E-state index contributed by atoms with van der Waals surface area (Å²) >= 11 is 6.29. The minimum Gasteiger partial charge on any atom is -0.330 e. The highest BCUT2D eigenvalue weighted by Gasteiger charge is 2.35. The van der Waals surface area contributed by atoms with Crippen LogP contribution in [-0.2, 0) is 18.3 Å². The highest BCUT2D eigenvalue weighted by Crippen LogP contribution is 2.40. The first-order valence-electron chi connectivity index (χ1n) is 7.12. The predicted octanol–water partition coefficient (Wildman–Crippen LogP) is 3.51. The van der Waals surface area contributed by atoms with Crippen molar-refractivity contribution in [3.63, 3.8) is 0 Å². The molecule has 0 fully saturated rings. The quantitative estimate of drug-likeness (QED) is 0.938. The van der Waals surface area contributed by atoms with Crippen LogP contribution in [0.3, 0.4) is 0 Å². The second-order valence-electron chi connectivity index (χ2n) is 5.64. The molecular weight excluding hydrogens is 268 g/mol. The fourth-order valence-corrected chi connectivity index (χ4v) is 3.57. The maximum atomic E-state index is 6.29. The van der Waals surface area contributed by atoms with Gasteiger partial charge in [0.15, 0.2) is 0 Å². The summed E-state index contributed by atoms with van der Waals surface area (Å²) < 4.78 is 0. The molecule has 1 aromatic heterocycles. The average molecular weight is 287 g/mol. The molecule has 3 heteroatoms. The van der Waals surface area contributed by atoms with Crippen LogP contribution in [0.2, 0.25) is 5.02 Å². The minimum absolute atomic E-state index is 0.0137. The molecule has 1 aromatic carbocycles. The number of halogens is 1. The van der Waals surface area contributed by atoms with E-state index in [9.17, 15) is 0 Å². The highest BCUT2D eigenvalue weighted by atomic mass is 35.5. The van der Waals surface area contributed by atoms with Crippen LogP contribution >= 0.6 is 11.6 Å². The number of nitrogens with two attached hydrogens (primary N) is 1. The first-order valence-corrected chi connectivity index (χ1v) is 7.50. The van der Waals surface area contributed by atoms with Gasteiger partial charge in [0, 0.05) is 24.4 Å². The van der Waals surface area contributed by atoms with Crippen LogP contribution in [0.4, 0.5) is 0 Å². The van der Waals surface area contributed by atoms with E-state index in [1.54, 1.807) is 12.4 Å². The van der Waals surface area contributed by atoms with Gasteiger partial charge in [-0.3, -0.25) is 4.98 Å². The Bertz CT molecular complexity index is 611. The molecule has 0 amide bonds. The zero-order chi connectivity index (χ0) is 14.0. The van der Waals surface area contributed by atoms with Crippen LogP contribution in [0.15, 0.2) is 42.7 Å². The van der Waals surface area contributed by atoms with Gasteiger partial charge in [0.1, 0.15) is 0 Å². The molecule has 20 heavy (non-hydrogen) atoms. The van der Waals surface area contributed by atoms with Crippen LogP contribution in [0, 0.1) is 0 Å². The lowest BCUT2D eigenvalue weighted by Gasteiger charge is -2.38. The summed E-state index contributed by atoms with van der Waals surface area (Å²) in [6, 6.07) is 10.7. The molecule has 0 spiro atoms. The minimum atomic E-state index is 0.0137. The van der Waals surface area contributed by atoms with Crippen LogP contribution in [0.1, 0.15) is 29.5 Å². The number of aryl methyl sites for hydroxylation is 1. The summed E-state index contributed by atoms with van der Waals surface area (Å²) in [6.45, 7) is 0.655. The molecule has 104 valence electrons. The lowest BCUT2D eigenvalue weighted by molar-refractivity contribution is 0.365. The lowest BCUT2D eigenvalue weighted by Crippen LogP contribution is -2.40. The Morgan fingerprint density at radius 3 is 2.90 bits per heavy atom. The lowest BCUT2D eigenvalue weighted by atomic mass is 9.67. The van der Waals surface area contributed by atoms with E-state index in [1.165, 1.54) is 17.5 Å². The van der Waals surface area contributed by atoms with E-state index >= 15 is 0 Å². The van der Waals surface area contributed by atoms with Crippen molar-refractivity contribution in [3.05, 3.63) is 64.4 Å². The summed E-state index contributed by atoms with van der Waals surface area (Å²) in [6.07, 6.45) is 7.88. The van der Waals surface area contributed by atoms with Crippen molar-refractivity contribution in [2.45, 2.75) is 31.1 Å². The van der Waals surface area contributed by atoms with Crippen molar-refractivity contribution < 1.29 is 0 Å². The monoisotopic (exact) mass is 286 g/mol. The van der Waals surface area contributed by atoms with Gasteiger partial charge in [0.25, 0.3) is 0 Å². The first-order chi connectivity index (χ1) is 9.75. The van der Waals surface area contributed by atoms with Gasteiger partial charge in [0.05, 0.1) is 5.02 Å². The molecule has 0 radical (unpaired) electrons. The maximum absolute atomic E-state index is 6.29. The Morgan fingerprint density at radius 2 is 2.10 bits per heavy atom. The standard InChI is InChI=1S/C17H19ClN2/c18-16-11-20-9-7-14(16)10-17(12-19)8-3-5-13-4-1-2-6-15(13)17/h1-2,4,6-7,9,11H,3,5,8,10,12,19H2. The Labute approximate surface area is 125 Å². The fourth-order valence-electron chi connectivity index (χ4n) is 3.39. The van der Waals surface area contributed by atoms with Gasteiger partial charge in [-0.05, 0) is 48.4 Å². The number of hydrogen-bond acceptors (Lipinski definition) is 2. The Kier molecular flexibility index (Phi) is 3.77. The second kappa shape index (κ2) is 5.55. The molecule has 1 unspecified atom stereocenters. The van der Waals surface area contributed by atoms with E-state index in [0.717, 1.165) is 29.8 Å².